The molecule has 0 aliphatic heterocycles. The van der Waals surface area contributed by atoms with Crippen LogP contribution >= 0.6 is 46.4 Å². The molecule has 2 heterocycles. The average Bonchev–Trinajstić information content (AvgIpc) is 2.84. The fourth-order valence-corrected chi connectivity index (χ4v) is 2.27. The maximum Gasteiger partial charge on any atom is 0.256 e. The normalized spacial score (nSPS) is 11.0. The molecule has 0 unspecified atom stereocenters. The number of aromatic nitrogens is 4. The smallest absolute Gasteiger partial charge is 0.256 e. The van der Waals surface area contributed by atoms with Crippen molar-refractivity contribution in [1.29, 1.82) is 0 Å². The van der Waals surface area contributed by atoms with E-state index in [1.165, 1.54) is 29.0 Å². The second-order valence-electron chi connectivity index (χ2n) is 3.69. The Morgan fingerprint density at radius 1 is 0.950 bits per heavy atom. The Hall–Kier alpha value is -1.27. The van der Waals surface area contributed by atoms with E-state index in [1.807, 2.05) is 0 Å². The van der Waals surface area contributed by atoms with Crippen LogP contribution in [0.2, 0.25) is 20.2 Å². The Labute approximate surface area is 133 Å². The van der Waals surface area contributed by atoms with Crippen LogP contribution in [0.1, 0.15) is 0 Å². The van der Waals surface area contributed by atoms with E-state index in [9.17, 15) is 0 Å². The van der Waals surface area contributed by atoms with Crippen molar-refractivity contribution in [3.63, 3.8) is 0 Å². The summed E-state index contributed by atoms with van der Waals surface area (Å²) in [5, 5.41) is 5.16. The van der Waals surface area contributed by atoms with Crippen molar-refractivity contribution in [3.05, 3.63) is 44.7 Å². The highest BCUT2D eigenvalue weighted by atomic mass is 35.5. The van der Waals surface area contributed by atoms with E-state index in [-0.39, 0.29) is 5.15 Å². The van der Waals surface area contributed by atoms with Gasteiger partial charge in [-0.05, 0) is 6.07 Å². The molecule has 0 aliphatic rings. The summed E-state index contributed by atoms with van der Waals surface area (Å²) in [5.41, 5.74) is 0. The van der Waals surface area contributed by atoms with Crippen LogP contribution in [-0.4, -0.2) is 19.6 Å². The first-order valence-corrected chi connectivity index (χ1v) is 6.74. The molecular weight excluding hydrogens is 346 g/mol. The second-order valence-corrected chi connectivity index (χ2v) is 5.30. The predicted octanol–water partition coefficient (Wildman–Crippen LogP) is 4.53. The number of halogens is 4. The molecule has 0 atom stereocenters. The molecule has 0 bridgehead atoms. The highest BCUT2D eigenvalue weighted by molar-refractivity contribution is 6.43. The Bertz CT molecular complexity index is 804. The molecule has 0 amide bonds. The summed E-state index contributed by atoms with van der Waals surface area (Å²) in [4.78, 5) is 7.92. The van der Waals surface area contributed by atoms with Crippen LogP contribution in [0, 0.1) is 0 Å². The molecule has 102 valence electrons. The van der Waals surface area contributed by atoms with Gasteiger partial charge in [0.05, 0.1) is 15.1 Å². The zero-order valence-corrected chi connectivity index (χ0v) is 12.5. The minimum atomic E-state index is 0.219. The lowest BCUT2D eigenvalue weighted by Gasteiger charge is -2.09. The van der Waals surface area contributed by atoms with Crippen molar-refractivity contribution >= 4 is 52.2 Å². The Morgan fingerprint density at radius 2 is 1.70 bits per heavy atom. The van der Waals surface area contributed by atoms with Gasteiger partial charge in [0.1, 0.15) is 17.2 Å². The molecule has 0 fully saturated rings. The van der Waals surface area contributed by atoms with Gasteiger partial charge in [-0.15, -0.1) is 0 Å². The van der Waals surface area contributed by atoms with Gasteiger partial charge in [0, 0.05) is 12.1 Å². The van der Waals surface area contributed by atoms with Crippen LogP contribution in [0.3, 0.4) is 0 Å². The molecule has 0 N–H and O–H groups in total. The van der Waals surface area contributed by atoms with Crippen molar-refractivity contribution in [2.24, 2.45) is 0 Å². The third-order valence-electron chi connectivity index (χ3n) is 2.38. The zero-order valence-electron chi connectivity index (χ0n) is 9.52. The number of hydrogen-bond donors (Lipinski definition) is 0. The first-order chi connectivity index (χ1) is 9.54. The molecule has 0 aliphatic carbocycles. The Kier molecular flexibility index (Phi) is 3.60. The fourth-order valence-electron chi connectivity index (χ4n) is 1.53. The van der Waals surface area contributed by atoms with Gasteiger partial charge < -0.3 is 4.74 Å². The van der Waals surface area contributed by atoms with Crippen molar-refractivity contribution in [2.45, 2.75) is 0 Å². The van der Waals surface area contributed by atoms with E-state index in [2.05, 4.69) is 15.1 Å². The van der Waals surface area contributed by atoms with E-state index in [0.717, 1.165) is 0 Å². The molecule has 5 nitrogen and oxygen atoms in total. The summed E-state index contributed by atoms with van der Waals surface area (Å²) in [6.07, 6.45) is 1.34. The van der Waals surface area contributed by atoms with Crippen LogP contribution in [-0.2, 0) is 0 Å². The van der Waals surface area contributed by atoms with Crippen molar-refractivity contribution in [1.82, 2.24) is 19.6 Å². The summed E-state index contributed by atoms with van der Waals surface area (Å²) in [7, 11) is 0. The molecule has 0 spiro atoms. The van der Waals surface area contributed by atoms with Crippen LogP contribution in [0.5, 0.6) is 11.6 Å². The number of nitrogens with zero attached hydrogens (tertiary/aromatic N) is 4. The summed E-state index contributed by atoms with van der Waals surface area (Å²) < 4.78 is 7.04. The molecule has 0 radical (unpaired) electrons. The molecule has 0 saturated carbocycles. The molecule has 1 aromatic carbocycles. The highest BCUT2D eigenvalue weighted by Gasteiger charge is 2.12. The number of fused-ring (bicyclic) bond motifs is 1. The van der Waals surface area contributed by atoms with Gasteiger partial charge in [-0.2, -0.15) is 19.6 Å². The number of hydrogen-bond acceptors (Lipinski definition) is 4. The van der Waals surface area contributed by atoms with Crippen molar-refractivity contribution in [3.8, 4) is 11.6 Å². The monoisotopic (exact) mass is 348 g/mol. The number of benzene rings is 1. The van der Waals surface area contributed by atoms with Gasteiger partial charge in [0.25, 0.3) is 5.78 Å². The zero-order chi connectivity index (χ0) is 14.3. The van der Waals surface area contributed by atoms with Crippen LogP contribution < -0.4 is 4.74 Å². The first kappa shape index (κ1) is 13.7. The lowest BCUT2D eigenvalue weighted by Crippen LogP contribution is -1.98. The third-order valence-corrected chi connectivity index (χ3v) is 3.59. The minimum Gasteiger partial charge on any atom is -0.437 e. The van der Waals surface area contributed by atoms with E-state index >= 15 is 0 Å². The minimum absolute atomic E-state index is 0.219. The lowest BCUT2D eigenvalue weighted by atomic mass is 10.3. The maximum absolute atomic E-state index is 6.05. The largest absolute Gasteiger partial charge is 0.437 e. The van der Waals surface area contributed by atoms with Crippen LogP contribution in [0.4, 0.5) is 0 Å². The summed E-state index contributed by atoms with van der Waals surface area (Å²) >= 11 is 23.7. The third kappa shape index (κ3) is 2.50. The van der Waals surface area contributed by atoms with Gasteiger partial charge in [-0.25, -0.2) is 0 Å². The SMILES string of the molecule is Clc1cc(Oc2cc(Cl)c(Cl)cc2Cl)n2ncnc2n1. The molecule has 2 aromatic heterocycles. The van der Waals surface area contributed by atoms with Gasteiger partial charge in [-0.1, -0.05) is 46.4 Å². The van der Waals surface area contributed by atoms with E-state index < -0.39 is 0 Å². The van der Waals surface area contributed by atoms with Crippen LogP contribution in [0.25, 0.3) is 5.78 Å². The standard InChI is InChI=1S/C11H4Cl4N4O/c12-5-1-7(14)8(2-6(5)13)20-10-3-9(15)18-11-16-4-17-19(10)11/h1-4H. The average molecular weight is 350 g/mol. The van der Waals surface area contributed by atoms with Crippen molar-refractivity contribution < 1.29 is 4.74 Å². The molecular formula is C11H4Cl4N4O. The van der Waals surface area contributed by atoms with Gasteiger partial charge >= 0.3 is 0 Å². The lowest BCUT2D eigenvalue weighted by molar-refractivity contribution is 0.446. The quantitative estimate of drug-likeness (QED) is 0.503. The maximum atomic E-state index is 6.05. The second kappa shape index (κ2) is 5.26. The van der Waals surface area contributed by atoms with Gasteiger partial charge in [0.2, 0.25) is 5.88 Å². The van der Waals surface area contributed by atoms with E-state index in [1.54, 1.807) is 0 Å². The van der Waals surface area contributed by atoms with Crippen LogP contribution in [0.15, 0.2) is 24.5 Å². The Balaban J connectivity index is 2.09. The van der Waals surface area contributed by atoms with Crippen molar-refractivity contribution in [2.75, 3.05) is 0 Å². The molecule has 3 rings (SSSR count). The number of rotatable bonds is 2. The Morgan fingerprint density at radius 3 is 2.50 bits per heavy atom. The number of ether oxygens (including phenoxy) is 1. The fraction of sp³-hybridized carbons (Fsp3) is 0. The topological polar surface area (TPSA) is 52.3 Å². The summed E-state index contributed by atoms with van der Waals surface area (Å²) in [6, 6.07) is 4.48. The molecule has 3 aromatic rings. The highest BCUT2D eigenvalue weighted by Crippen LogP contribution is 2.36. The first-order valence-electron chi connectivity index (χ1n) is 5.23. The predicted molar refractivity (Wildman–Crippen MR) is 77.3 cm³/mol. The van der Waals surface area contributed by atoms with E-state index in [0.29, 0.717) is 32.5 Å². The summed E-state index contributed by atoms with van der Waals surface area (Å²) in [6.45, 7) is 0. The molecule has 20 heavy (non-hydrogen) atoms. The van der Waals surface area contributed by atoms with Gasteiger partial charge in [-0.3, -0.25) is 0 Å². The van der Waals surface area contributed by atoms with E-state index in [4.69, 9.17) is 51.1 Å². The summed E-state index contributed by atoms with van der Waals surface area (Å²) in [5.74, 6) is 0.932. The molecule has 0 saturated heterocycles. The van der Waals surface area contributed by atoms with Gasteiger partial charge in [0.15, 0.2) is 0 Å². The molecule has 9 heteroatoms.